The molecule has 3 rings (SSSR count). The number of fused-ring (bicyclic) bond motifs is 1. The van der Waals surface area contributed by atoms with Crippen LogP contribution in [-0.4, -0.2) is 25.8 Å². The lowest BCUT2D eigenvalue weighted by Gasteiger charge is -2.18. The largest absolute Gasteiger partial charge is 0.264 e. The summed E-state index contributed by atoms with van der Waals surface area (Å²) in [4.78, 5) is 4.65. The summed E-state index contributed by atoms with van der Waals surface area (Å²) in [5, 5.41) is 1.65. The molecule has 0 fully saturated rings. The first kappa shape index (κ1) is 26.6. The molecule has 182 valence electrons. The number of rotatable bonds is 10. The average Bonchev–Trinajstić information content (AvgIpc) is 2.80. The molecule has 0 spiro atoms. The Kier molecular flexibility index (Phi) is 9.21. The number of hydrogen-bond donors (Lipinski definition) is 0. The van der Waals surface area contributed by atoms with Crippen molar-refractivity contribution in [3.05, 3.63) is 118 Å². The number of allylic oxidation sites excluding steroid dienone is 5. The zero-order chi connectivity index (χ0) is 25.4. The van der Waals surface area contributed by atoms with Gasteiger partial charge in [0.1, 0.15) is 0 Å². The van der Waals surface area contributed by atoms with Crippen LogP contribution in [0.15, 0.2) is 96.6 Å². The molecule has 4 nitrogen and oxygen atoms in total. The Labute approximate surface area is 213 Å². The molecule has 35 heavy (non-hydrogen) atoms. The number of hydrogen-bond acceptors (Lipinski definition) is 4. The Bertz CT molecular complexity index is 1400. The summed E-state index contributed by atoms with van der Waals surface area (Å²) < 4.78 is 29.4. The van der Waals surface area contributed by atoms with E-state index in [0.717, 1.165) is 34.0 Å². The lowest BCUT2D eigenvalue weighted by atomic mass is 9.98. The number of benzene rings is 2. The number of aryl methyl sites for hydroxylation is 2. The smallest absolute Gasteiger partial charge is 0.262 e. The molecule has 1 unspecified atom stereocenters. The minimum Gasteiger partial charge on any atom is -0.262 e. The predicted molar refractivity (Wildman–Crippen MR) is 147 cm³/mol. The molecule has 3 aromatic rings. The van der Waals surface area contributed by atoms with Crippen molar-refractivity contribution in [1.29, 1.82) is 0 Å². The fourth-order valence-corrected chi connectivity index (χ4v) is 4.60. The molecule has 0 bridgehead atoms. The van der Waals surface area contributed by atoms with Crippen molar-refractivity contribution >= 4 is 38.7 Å². The molecule has 0 amide bonds. The molecule has 1 heterocycles. The highest BCUT2D eigenvalue weighted by Gasteiger charge is 2.18. The van der Waals surface area contributed by atoms with E-state index < -0.39 is 16.2 Å². The third-order valence-electron chi connectivity index (χ3n) is 5.56. The van der Waals surface area contributed by atoms with E-state index in [2.05, 4.69) is 30.6 Å². The summed E-state index contributed by atoms with van der Waals surface area (Å²) in [7, 11) is -3.63. The van der Waals surface area contributed by atoms with Gasteiger partial charge in [-0.3, -0.25) is 4.18 Å². The SMILES string of the molecule is C=C/C=C(/C=C/c1ccc2ccc(Cl)cc2n1)\C=C(/C)C(CCc1ccccc1C)OS(C)(=O)=O. The highest BCUT2D eigenvalue weighted by Crippen LogP contribution is 2.21. The molecule has 0 N–H and O–H groups in total. The molecular weight excluding hydrogens is 478 g/mol. The molecule has 1 aromatic heterocycles. The van der Waals surface area contributed by atoms with Crippen molar-refractivity contribution in [2.45, 2.75) is 32.8 Å². The van der Waals surface area contributed by atoms with Gasteiger partial charge in [-0.15, -0.1) is 0 Å². The van der Waals surface area contributed by atoms with Gasteiger partial charge >= 0.3 is 0 Å². The second kappa shape index (κ2) is 12.1. The van der Waals surface area contributed by atoms with Gasteiger partial charge in [0.15, 0.2) is 0 Å². The van der Waals surface area contributed by atoms with Crippen LogP contribution in [0.25, 0.3) is 17.0 Å². The molecule has 1 atom stereocenters. The van der Waals surface area contributed by atoms with Crippen LogP contribution in [0.5, 0.6) is 0 Å². The van der Waals surface area contributed by atoms with Crippen molar-refractivity contribution < 1.29 is 12.6 Å². The summed E-state index contributed by atoms with van der Waals surface area (Å²) in [6, 6.07) is 17.6. The van der Waals surface area contributed by atoms with Crippen LogP contribution in [0.2, 0.25) is 5.02 Å². The van der Waals surface area contributed by atoms with E-state index in [-0.39, 0.29) is 0 Å². The molecule has 2 aromatic carbocycles. The third-order valence-corrected chi connectivity index (χ3v) is 6.38. The molecule has 6 heteroatoms. The second-order valence-electron chi connectivity index (χ2n) is 8.45. The molecular formula is C29H30ClNO3S. The van der Waals surface area contributed by atoms with E-state index in [1.54, 1.807) is 6.08 Å². The van der Waals surface area contributed by atoms with Gasteiger partial charge in [0.25, 0.3) is 10.1 Å². The standard InChI is InChI=1S/C29H30ClNO3S/c1-5-8-23(11-16-27-17-13-25-12-15-26(30)20-28(25)31-27)19-22(3)29(34-35(4,32)33)18-14-24-10-7-6-9-21(24)2/h5-13,15-17,19-20,29H,1,14,18H2,2-4H3/b16-11+,22-19+,23-8-. The molecule has 0 saturated heterocycles. The van der Waals surface area contributed by atoms with Gasteiger partial charge in [-0.1, -0.05) is 78.9 Å². The molecule has 0 aliphatic rings. The molecule has 0 aliphatic heterocycles. The van der Waals surface area contributed by atoms with E-state index in [4.69, 9.17) is 15.8 Å². The van der Waals surface area contributed by atoms with Crippen LogP contribution < -0.4 is 0 Å². The first-order valence-electron chi connectivity index (χ1n) is 11.3. The highest BCUT2D eigenvalue weighted by molar-refractivity contribution is 7.86. The molecule has 0 radical (unpaired) electrons. The number of halogens is 1. The highest BCUT2D eigenvalue weighted by atomic mass is 35.5. The number of aromatic nitrogens is 1. The van der Waals surface area contributed by atoms with Gasteiger partial charge in [-0.2, -0.15) is 8.42 Å². The van der Waals surface area contributed by atoms with Crippen molar-refractivity contribution in [2.24, 2.45) is 0 Å². The van der Waals surface area contributed by atoms with E-state index >= 15 is 0 Å². The molecule has 0 saturated carbocycles. The zero-order valence-corrected chi connectivity index (χ0v) is 21.8. The lowest BCUT2D eigenvalue weighted by molar-refractivity contribution is 0.236. The summed E-state index contributed by atoms with van der Waals surface area (Å²) >= 11 is 6.11. The van der Waals surface area contributed by atoms with E-state index in [0.29, 0.717) is 17.9 Å². The fraction of sp³-hybridized carbons (Fsp3) is 0.207. The van der Waals surface area contributed by atoms with Crippen LogP contribution >= 0.6 is 11.6 Å². The second-order valence-corrected chi connectivity index (χ2v) is 10.5. The summed E-state index contributed by atoms with van der Waals surface area (Å²) in [6.45, 7) is 7.74. The maximum absolute atomic E-state index is 12.0. The first-order valence-corrected chi connectivity index (χ1v) is 13.5. The maximum Gasteiger partial charge on any atom is 0.264 e. The van der Waals surface area contributed by atoms with Crippen LogP contribution in [0.3, 0.4) is 0 Å². The van der Waals surface area contributed by atoms with Crippen LogP contribution in [0, 0.1) is 6.92 Å². The van der Waals surface area contributed by atoms with Crippen LogP contribution in [0.4, 0.5) is 0 Å². The number of nitrogens with zero attached hydrogens (tertiary/aromatic N) is 1. The van der Waals surface area contributed by atoms with Crippen LogP contribution in [-0.2, 0) is 20.7 Å². The van der Waals surface area contributed by atoms with Crippen molar-refractivity contribution in [1.82, 2.24) is 4.98 Å². The lowest BCUT2D eigenvalue weighted by Crippen LogP contribution is -2.20. The van der Waals surface area contributed by atoms with Gasteiger partial charge < -0.3 is 0 Å². The quantitative estimate of drug-likeness (QED) is 0.214. The zero-order valence-electron chi connectivity index (χ0n) is 20.2. The Morgan fingerprint density at radius 1 is 1.17 bits per heavy atom. The van der Waals surface area contributed by atoms with Gasteiger partial charge in [-0.05, 0) is 73.2 Å². The van der Waals surface area contributed by atoms with E-state index in [1.807, 2.05) is 73.7 Å². The minimum absolute atomic E-state index is 0.540. The topological polar surface area (TPSA) is 56.3 Å². The monoisotopic (exact) mass is 507 g/mol. The van der Waals surface area contributed by atoms with Crippen LogP contribution in [0.1, 0.15) is 30.2 Å². The van der Waals surface area contributed by atoms with Gasteiger partial charge in [0.05, 0.1) is 23.6 Å². The van der Waals surface area contributed by atoms with Gasteiger partial charge in [0.2, 0.25) is 0 Å². The van der Waals surface area contributed by atoms with Crippen molar-refractivity contribution in [2.75, 3.05) is 6.26 Å². The minimum atomic E-state index is -3.63. The fourth-order valence-electron chi connectivity index (χ4n) is 3.76. The average molecular weight is 508 g/mol. The van der Waals surface area contributed by atoms with Gasteiger partial charge in [-0.25, -0.2) is 4.98 Å². The first-order chi connectivity index (χ1) is 16.6. The number of pyridine rings is 1. The predicted octanol–water partition coefficient (Wildman–Crippen LogP) is 7.25. The van der Waals surface area contributed by atoms with Crippen molar-refractivity contribution in [3.8, 4) is 0 Å². The van der Waals surface area contributed by atoms with Crippen molar-refractivity contribution in [3.63, 3.8) is 0 Å². The Morgan fingerprint density at radius 3 is 2.63 bits per heavy atom. The molecule has 0 aliphatic carbocycles. The Hall–Kier alpha value is -2.99. The summed E-state index contributed by atoms with van der Waals surface area (Å²) in [6.07, 6.45) is 11.0. The van der Waals surface area contributed by atoms with Gasteiger partial charge in [0, 0.05) is 10.4 Å². The maximum atomic E-state index is 12.0. The van der Waals surface area contributed by atoms with E-state index in [9.17, 15) is 8.42 Å². The van der Waals surface area contributed by atoms with E-state index in [1.165, 1.54) is 11.1 Å². The Morgan fingerprint density at radius 2 is 1.91 bits per heavy atom. The Balaban J connectivity index is 1.84. The normalized spacial score (nSPS) is 13.9. The summed E-state index contributed by atoms with van der Waals surface area (Å²) in [5.41, 5.74) is 5.60. The third kappa shape index (κ3) is 8.32. The summed E-state index contributed by atoms with van der Waals surface area (Å²) in [5.74, 6) is 0.